The Labute approximate surface area is 152 Å². The predicted octanol–water partition coefficient (Wildman–Crippen LogP) is 2.96. The zero-order chi connectivity index (χ0) is 17.3. The van der Waals surface area contributed by atoms with E-state index in [0.29, 0.717) is 30.5 Å². The Morgan fingerprint density at radius 2 is 2.08 bits per heavy atom. The highest BCUT2D eigenvalue weighted by Gasteiger charge is 2.38. The predicted molar refractivity (Wildman–Crippen MR) is 89.7 cm³/mol. The lowest BCUT2D eigenvalue weighted by molar-refractivity contribution is -0.150. The zero-order valence-electron chi connectivity index (χ0n) is 12.9. The highest BCUT2D eigenvalue weighted by Crippen LogP contribution is 2.30. The second-order valence-electron chi connectivity index (χ2n) is 5.95. The Morgan fingerprint density at radius 1 is 1.38 bits per heavy atom. The summed E-state index contributed by atoms with van der Waals surface area (Å²) in [6.45, 7) is 1.42. The van der Waals surface area contributed by atoms with Gasteiger partial charge in [0.05, 0.1) is 22.6 Å². The van der Waals surface area contributed by atoms with Crippen LogP contribution in [0.2, 0.25) is 5.02 Å². The Morgan fingerprint density at radius 3 is 2.75 bits per heavy atom. The first kappa shape index (κ1) is 17.8. The van der Waals surface area contributed by atoms with Crippen LogP contribution < -0.4 is 4.90 Å². The smallest absolute Gasteiger partial charge is 0.253 e. The highest BCUT2D eigenvalue weighted by molar-refractivity contribution is 9.10. The molecule has 2 saturated heterocycles. The Hall–Kier alpha value is -0.990. The summed E-state index contributed by atoms with van der Waals surface area (Å²) in [7, 11) is 0. The molecule has 0 aromatic carbocycles. The molecule has 1 unspecified atom stereocenters. The maximum Gasteiger partial charge on any atom is 0.253 e. The van der Waals surface area contributed by atoms with Gasteiger partial charge in [-0.05, 0) is 22.0 Å². The minimum Gasteiger partial charge on any atom is -0.365 e. The number of pyridine rings is 1. The molecule has 0 saturated carbocycles. The molecular weight excluding hydrogens is 408 g/mol. The monoisotopic (exact) mass is 423 g/mol. The molecule has 0 N–H and O–H groups in total. The number of carbonyl (C=O) groups is 1. The summed E-state index contributed by atoms with van der Waals surface area (Å²) >= 11 is 9.32. The molecule has 5 nitrogen and oxygen atoms in total. The molecule has 1 aromatic heterocycles. The van der Waals surface area contributed by atoms with Gasteiger partial charge in [0.25, 0.3) is 11.8 Å². The minimum absolute atomic E-state index is 0.0641. The largest absolute Gasteiger partial charge is 0.365 e. The fraction of sp³-hybridized carbons (Fsp3) is 0.600. The van der Waals surface area contributed by atoms with Gasteiger partial charge in [0.15, 0.2) is 6.10 Å². The van der Waals surface area contributed by atoms with E-state index in [1.807, 2.05) is 4.90 Å². The fourth-order valence-corrected chi connectivity index (χ4v) is 3.78. The molecule has 2 fully saturated rings. The molecule has 3 rings (SSSR count). The summed E-state index contributed by atoms with van der Waals surface area (Å²) in [5, 5.41) is 0.515. The SMILES string of the molecule is O=C(C1CN(c2ncc(Cl)cc2Br)CCO1)N1CCC(F)(F)CC1. The average Bonchev–Trinajstić information content (AvgIpc) is 2.54. The molecule has 9 heteroatoms. The summed E-state index contributed by atoms with van der Waals surface area (Å²) in [6, 6.07) is 1.74. The number of carbonyl (C=O) groups excluding carboxylic acids is 1. The van der Waals surface area contributed by atoms with E-state index in [1.165, 1.54) is 4.90 Å². The van der Waals surface area contributed by atoms with Gasteiger partial charge < -0.3 is 14.5 Å². The summed E-state index contributed by atoms with van der Waals surface area (Å²) < 4.78 is 32.8. The maximum absolute atomic E-state index is 13.2. The second-order valence-corrected chi connectivity index (χ2v) is 7.24. The third-order valence-corrected chi connectivity index (χ3v) is 5.03. The van der Waals surface area contributed by atoms with Crippen molar-refractivity contribution in [2.75, 3.05) is 37.7 Å². The summed E-state index contributed by atoms with van der Waals surface area (Å²) in [5.41, 5.74) is 0. The number of hydrogen-bond donors (Lipinski definition) is 0. The van der Waals surface area contributed by atoms with Crippen molar-refractivity contribution in [2.45, 2.75) is 24.9 Å². The third-order valence-electron chi connectivity index (χ3n) is 4.24. The number of piperidine rings is 1. The van der Waals surface area contributed by atoms with E-state index in [0.717, 1.165) is 4.47 Å². The molecule has 2 aliphatic heterocycles. The number of likely N-dealkylation sites (tertiary alicyclic amines) is 1. The first-order valence-electron chi connectivity index (χ1n) is 7.70. The second kappa shape index (κ2) is 7.09. The topological polar surface area (TPSA) is 45.7 Å². The van der Waals surface area contributed by atoms with Crippen molar-refractivity contribution in [3.8, 4) is 0 Å². The Balaban J connectivity index is 1.66. The van der Waals surface area contributed by atoms with Crippen molar-refractivity contribution in [3.63, 3.8) is 0 Å². The summed E-state index contributed by atoms with van der Waals surface area (Å²) in [5.74, 6) is -2.22. The Bertz CT molecular complexity index is 625. The normalized spacial score (nSPS) is 24.1. The van der Waals surface area contributed by atoms with E-state index in [1.54, 1.807) is 12.3 Å². The van der Waals surface area contributed by atoms with Gasteiger partial charge in [0.2, 0.25) is 0 Å². The van der Waals surface area contributed by atoms with Gasteiger partial charge in [0.1, 0.15) is 5.82 Å². The lowest BCUT2D eigenvalue weighted by Crippen LogP contribution is -2.53. The molecule has 1 atom stereocenters. The van der Waals surface area contributed by atoms with E-state index >= 15 is 0 Å². The Kier molecular flexibility index (Phi) is 5.27. The van der Waals surface area contributed by atoms with Crippen LogP contribution in [0, 0.1) is 0 Å². The molecule has 0 radical (unpaired) electrons. The number of amides is 1. The lowest BCUT2D eigenvalue weighted by Gasteiger charge is -2.38. The molecule has 0 bridgehead atoms. The van der Waals surface area contributed by atoms with Crippen LogP contribution in [0.15, 0.2) is 16.7 Å². The number of halogens is 4. The lowest BCUT2D eigenvalue weighted by atomic mass is 10.1. The van der Waals surface area contributed by atoms with Crippen LogP contribution in [0.25, 0.3) is 0 Å². The fourth-order valence-electron chi connectivity index (χ4n) is 2.89. The molecule has 132 valence electrons. The van der Waals surface area contributed by atoms with Gasteiger partial charge in [0, 0.05) is 38.7 Å². The number of ether oxygens (including phenoxy) is 1. The number of rotatable bonds is 2. The van der Waals surface area contributed by atoms with Crippen LogP contribution in [0.1, 0.15) is 12.8 Å². The van der Waals surface area contributed by atoms with E-state index in [2.05, 4.69) is 20.9 Å². The maximum atomic E-state index is 13.2. The van der Waals surface area contributed by atoms with Gasteiger partial charge in [-0.25, -0.2) is 13.8 Å². The molecule has 3 heterocycles. The summed E-state index contributed by atoms with van der Waals surface area (Å²) in [4.78, 5) is 20.3. The van der Waals surface area contributed by atoms with Crippen molar-refractivity contribution in [1.29, 1.82) is 0 Å². The van der Waals surface area contributed by atoms with Crippen LogP contribution in [-0.2, 0) is 9.53 Å². The number of alkyl halides is 2. The molecule has 0 aliphatic carbocycles. The summed E-state index contributed by atoms with van der Waals surface area (Å²) in [6.07, 6.45) is 0.286. The molecule has 1 amide bonds. The van der Waals surface area contributed by atoms with Crippen molar-refractivity contribution < 1.29 is 18.3 Å². The van der Waals surface area contributed by atoms with E-state index < -0.39 is 12.0 Å². The van der Waals surface area contributed by atoms with Gasteiger partial charge in [-0.15, -0.1) is 0 Å². The van der Waals surface area contributed by atoms with Crippen LogP contribution in [0.3, 0.4) is 0 Å². The van der Waals surface area contributed by atoms with Crippen LogP contribution >= 0.6 is 27.5 Å². The van der Waals surface area contributed by atoms with Gasteiger partial charge in [-0.1, -0.05) is 11.6 Å². The van der Waals surface area contributed by atoms with Gasteiger partial charge in [-0.2, -0.15) is 0 Å². The first-order valence-corrected chi connectivity index (χ1v) is 8.87. The average molecular weight is 425 g/mol. The van der Waals surface area contributed by atoms with Crippen molar-refractivity contribution in [1.82, 2.24) is 9.88 Å². The molecule has 1 aromatic rings. The standard InChI is InChI=1S/C15H17BrClF2N3O2/c16-11-7-10(17)8-20-13(11)22-5-6-24-12(9-22)14(23)21-3-1-15(18,19)2-4-21/h7-8,12H,1-6,9H2. The number of aromatic nitrogens is 1. The number of morpholine rings is 1. The van der Waals surface area contributed by atoms with Gasteiger partial charge >= 0.3 is 0 Å². The molecule has 2 aliphatic rings. The number of hydrogen-bond acceptors (Lipinski definition) is 4. The van der Waals surface area contributed by atoms with Crippen molar-refractivity contribution in [3.05, 3.63) is 21.8 Å². The minimum atomic E-state index is -2.67. The van der Waals surface area contributed by atoms with Crippen LogP contribution in [0.4, 0.5) is 14.6 Å². The van der Waals surface area contributed by atoms with Crippen molar-refractivity contribution >= 4 is 39.3 Å². The first-order chi connectivity index (χ1) is 11.4. The van der Waals surface area contributed by atoms with E-state index in [4.69, 9.17) is 16.3 Å². The quantitative estimate of drug-likeness (QED) is 0.732. The van der Waals surface area contributed by atoms with Crippen molar-refractivity contribution in [2.24, 2.45) is 0 Å². The van der Waals surface area contributed by atoms with Crippen LogP contribution in [-0.4, -0.2) is 60.6 Å². The van der Waals surface area contributed by atoms with Crippen LogP contribution in [0.5, 0.6) is 0 Å². The number of nitrogens with zero attached hydrogens (tertiary/aromatic N) is 3. The van der Waals surface area contributed by atoms with E-state index in [-0.39, 0.29) is 31.8 Å². The molecular formula is C15H17BrClF2N3O2. The zero-order valence-corrected chi connectivity index (χ0v) is 15.2. The van der Waals surface area contributed by atoms with Gasteiger partial charge in [-0.3, -0.25) is 4.79 Å². The highest BCUT2D eigenvalue weighted by atomic mass is 79.9. The number of anilines is 1. The molecule has 24 heavy (non-hydrogen) atoms. The third kappa shape index (κ3) is 3.97. The van der Waals surface area contributed by atoms with E-state index in [9.17, 15) is 13.6 Å². The molecule has 0 spiro atoms.